The predicted octanol–water partition coefficient (Wildman–Crippen LogP) is 3.27. The van der Waals surface area contributed by atoms with E-state index in [2.05, 4.69) is 53.7 Å². The molecular weight excluding hydrogens is 352 g/mol. The van der Waals surface area contributed by atoms with Gasteiger partial charge in [0.1, 0.15) is 0 Å². The zero-order valence-corrected chi connectivity index (χ0v) is 15.5. The van der Waals surface area contributed by atoms with E-state index < -0.39 is 10.0 Å². The van der Waals surface area contributed by atoms with E-state index in [1.807, 2.05) is 6.07 Å². The topological polar surface area (TPSA) is 58.2 Å². The first-order valence-corrected chi connectivity index (χ1v) is 9.51. The third-order valence-electron chi connectivity index (χ3n) is 3.01. The van der Waals surface area contributed by atoms with E-state index in [9.17, 15) is 8.42 Å². The maximum atomic E-state index is 12.4. The van der Waals surface area contributed by atoms with Gasteiger partial charge in [0, 0.05) is 23.6 Å². The second-order valence-electron chi connectivity index (χ2n) is 5.88. The summed E-state index contributed by atoms with van der Waals surface area (Å²) in [6.45, 7) is 9.37. The van der Waals surface area contributed by atoms with Crippen LogP contribution in [0.25, 0.3) is 0 Å². The van der Waals surface area contributed by atoms with Crippen LogP contribution in [0.1, 0.15) is 39.7 Å². The van der Waals surface area contributed by atoms with Crippen molar-refractivity contribution in [1.29, 1.82) is 0 Å². The van der Waals surface area contributed by atoms with Gasteiger partial charge in [0.2, 0.25) is 10.0 Å². The minimum atomic E-state index is -3.47. The lowest BCUT2D eigenvalue weighted by atomic mass is 10.1. The Morgan fingerprint density at radius 1 is 1.19 bits per heavy atom. The zero-order valence-electron chi connectivity index (χ0n) is 13.1. The van der Waals surface area contributed by atoms with Crippen molar-refractivity contribution in [2.75, 3.05) is 6.54 Å². The third kappa shape index (κ3) is 6.46. The second-order valence-corrected chi connectivity index (χ2v) is 8.47. The first-order valence-electron chi connectivity index (χ1n) is 7.24. The van der Waals surface area contributed by atoms with Gasteiger partial charge in [-0.3, -0.25) is 0 Å². The first kappa shape index (κ1) is 18.6. The van der Waals surface area contributed by atoms with Gasteiger partial charge in [0.15, 0.2) is 0 Å². The number of nitrogens with one attached hydrogen (secondary N) is 2. The fourth-order valence-electron chi connectivity index (χ4n) is 1.75. The standard InChI is InChI=1S/C15H25BrN2O2S/c1-11(2)7-8-18-21(19,20)15-9-13(5-6-14(15)16)10-17-12(3)4/h5-6,9,11-12,17-18H,7-8,10H2,1-4H3. The summed E-state index contributed by atoms with van der Waals surface area (Å²) >= 11 is 3.33. The summed E-state index contributed by atoms with van der Waals surface area (Å²) in [5.41, 5.74) is 0.955. The van der Waals surface area contributed by atoms with Crippen molar-refractivity contribution in [2.45, 2.75) is 51.6 Å². The number of halogens is 1. The highest BCUT2D eigenvalue weighted by atomic mass is 79.9. The Hall–Kier alpha value is -0.430. The summed E-state index contributed by atoms with van der Waals surface area (Å²) in [5, 5.41) is 3.29. The maximum absolute atomic E-state index is 12.4. The van der Waals surface area contributed by atoms with E-state index in [-0.39, 0.29) is 0 Å². The van der Waals surface area contributed by atoms with E-state index in [1.54, 1.807) is 12.1 Å². The van der Waals surface area contributed by atoms with Crippen LogP contribution in [0.5, 0.6) is 0 Å². The molecule has 0 spiro atoms. The average Bonchev–Trinajstić information content (AvgIpc) is 2.36. The lowest BCUT2D eigenvalue weighted by Gasteiger charge is -2.12. The molecule has 21 heavy (non-hydrogen) atoms. The summed E-state index contributed by atoms with van der Waals surface area (Å²) in [6, 6.07) is 5.79. The zero-order chi connectivity index (χ0) is 16.0. The fourth-order valence-corrected chi connectivity index (χ4v) is 3.80. The molecule has 2 N–H and O–H groups in total. The van der Waals surface area contributed by atoms with Crippen molar-refractivity contribution in [3.8, 4) is 0 Å². The largest absolute Gasteiger partial charge is 0.310 e. The molecule has 0 aliphatic rings. The summed E-state index contributed by atoms with van der Waals surface area (Å²) in [4.78, 5) is 0.300. The van der Waals surface area contributed by atoms with Gasteiger partial charge in [-0.15, -0.1) is 0 Å². The summed E-state index contributed by atoms with van der Waals surface area (Å²) in [7, 11) is -3.47. The molecule has 1 aromatic rings. The molecule has 0 radical (unpaired) electrons. The van der Waals surface area contributed by atoms with Crippen molar-refractivity contribution >= 4 is 26.0 Å². The normalized spacial score (nSPS) is 12.3. The SMILES string of the molecule is CC(C)CCNS(=O)(=O)c1cc(CNC(C)C)ccc1Br. The number of rotatable bonds is 8. The van der Waals surface area contributed by atoms with Crippen LogP contribution in [-0.2, 0) is 16.6 Å². The first-order chi connectivity index (χ1) is 9.72. The smallest absolute Gasteiger partial charge is 0.241 e. The Bertz CT molecular complexity index is 557. The summed E-state index contributed by atoms with van der Waals surface area (Å²) < 4.78 is 28.0. The second kappa shape index (κ2) is 8.27. The summed E-state index contributed by atoms with van der Waals surface area (Å²) in [5.74, 6) is 0.470. The lowest BCUT2D eigenvalue weighted by molar-refractivity contribution is 0.551. The Balaban J connectivity index is 2.86. The number of sulfonamides is 1. The van der Waals surface area contributed by atoms with Crippen molar-refractivity contribution in [3.05, 3.63) is 28.2 Å². The van der Waals surface area contributed by atoms with Gasteiger partial charge in [0.05, 0.1) is 4.90 Å². The van der Waals surface area contributed by atoms with Crippen LogP contribution >= 0.6 is 15.9 Å². The van der Waals surface area contributed by atoms with E-state index in [4.69, 9.17) is 0 Å². The number of hydrogen-bond donors (Lipinski definition) is 2. The van der Waals surface area contributed by atoms with E-state index in [0.29, 0.717) is 34.4 Å². The molecule has 0 aromatic heterocycles. The van der Waals surface area contributed by atoms with Crippen LogP contribution in [0.4, 0.5) is 0 Å². The van der Waals surface area contributed by atoms with Crippen LogP contribution in [-0.4, -0.2) is 21.0 Å². The van der Waals surface area contributed by atoms with Gasteiger partial charge in [-0.25, -0.2) is 13.1 Å². The van der Waals surface area contributed by atoms with Gasteiger partial charge in [-0.1, -0.05) is 33.8 Å². The van der Waals surface area contributed by atoms with Crippen molar-refractivity contribution in [3.63, 3.8) is 0 Å². The third-order valence-corrected chi connectivity index (χ3v) is 5.47. The molecule has 120 valence electrons. The molecular formula is C15H25BrN2O2S. The van der Waals surface area contributed by atoms with E-state index in [0.717, 1.165) is 12.0 Å². The summed E-state index contributed by atoms with van der Waals surface area (Å²) in [6.07, 6.45) is 0.825. The number of benzene rings is 1. The molecule has 0 saturated carbocycles. The monoisotopic (exact) mass is 376 g/mol. The van der Waals surface area contributed by atoms with Gasteiger partial charge in [-0.2, -0.15) is 0 Å². The minimum Gasteiger partial charge on any atom is -0.310 e. The highest BCUT2D eigenvalue weighted by molar-refractivity contribution is 9.10. The average molecular weight is 377 g/mol. The van der Waals surface area contributed by atoms with Crippen molar-refractivity contribution in [1.82, 2.24) is 10.0 Å². The van der Waals surface area contributed by atoms with Gasteiger partial charge in [-0.05, 0) is 46.0 Å². The quantitative estimate of drug-likeness (QED) is 0.731. The molecule has 0 heterocycles. The van der Waals surface area contributed by atoms with Crippen molar-refractivity contribution in [2.24, 2.45) is 5.92 Å². The van der Waals surface area contributed by atoms with E-state index >= 15 is 0 Å². The Kier molecular flexibility index (Phi) is 7.33. The molecule has 0 amide bonds. The molecule has 0 aliphatic carbocycles. The van der Waals surface area contributed by atoms with Gasteiger partial charge in [0.25, 0.3) is 0 Å². The lowest BCUT2D eigenvalue weighted by Crippen LogP contribution is -2.26. The Morgan fingerprint density at radius 2 is 1.86 bits per heavy atom. The number of hydrogen-bond acceptors (Lipinski definition) is 3. The van der Waals surface area contributed by atoms with Gasteiger partial charge >= 0.3 is 0 Å². The fraction of sp³-hybridized carbons (Fsp3) is 0.600. The molecule has 0 atom stereocenters. The molecule has 4 nitrogen and oxygen atoms in total. The van der Waals surface area contributed by atoms with Gasteiger partial charge < -0.3 is 5.32 Å². The van der Waals surface area contributed by atoms with E-state index in [1.165, 1.54) is 0 Å². The molecule has 6 heteroatoms. The van der Waals surface area contributed by atoms with Crippen molar-refractivity contribution < 1.29 is 8.42 Å². The van der Waals surface area contributed by atoms with Crippen LogP contribution in [0.3, 0.4) is 0 Å². The predicted molar refractivity (Wildman–Crippen MR) is 90.8 cm³/mol. The van der Waals surface area contributed by atoms with Crippen LogP contribution in [0.2, 0.25) is 0 Å². The molecule has 0 saturated heterocycles. The molecule has 1 aromatic carbocycles. The minimum absolute atomic E-state index is 0.300. The maximum Gasteiger partial charge on any atom is 0.241 e. The van der Waals surface area contributed by atoms with Crippen LogP contribution in [0.15, 0.2) is 27.6 Å². The molecule has 0 aliphatic heterocycles. The molecule has 0 bridgehead atoms. The molecule has 0 fully saturated rings. The van der Waals surface area contributed by atoms with Crippen LogP contribution in [0, 0.1) is 5.92 Å². The Labute approximate surface area is 136 Å². The highest BCUT2D eigenvalue weighted by Gasteiger charge is 2.18. The van der Waals surface area contributed by atoms with Crippen LogP contribution < -0.4 is 10.0 Å². The molecule has 1 rings (SSSR count). The Morgan fingerprint density at radius 3 is 2.43 bits per heavy atom. The highest BCUT2D eigenvalue weighted by Crippen LogP contribution is 2.23. The molecule has 0 unspecified atom stereocenters.